The highest BCUT2D eigenvalue weighted by Gasteiger charge is 2.38. The number of ether oxygens (including phenoxy) is 1. The topological polar surface area (TPSA) is 43.4 Å². The number of ketones is 1. The van der Waals surface area contributed by atoms with Crippen LogP contribution in [0.25, 0.3) is 0 Å². The minimum absolute atomic E-state index is 0.179. The SMILES string of the molecule is COC(=O)C(C)(C)C(=O)c1sccc1C. The van der Waals surface area contributed by atoms with E-state index in [0.29, 0.717) is 4.88 Å². The lowest BCUT2D eigenvalue weighted by Crippen LogP contribution is -2.34. The van der Waals surface area contributed by atoms with Crippen molar-refractivity contribution in [3.63, 3.8) is 0 Å². The van der Waals surface area contributed by atoms with Crippen molar-refractivity contribution in [3.05, 3.63) is 21.9 Å². The summed E-state index contributed by atoms with van der Waals surface area (Å²) in [6, 6.07) is 1.87. The zero-order valence-corrected chi connectivity index (χ0v) is 10.1. The molecular formula is C11H14O3S. The Morgan fingerprint density at radius 2 is 2.00 bits per heavy atom. The number of esters is 1. The van der Waals surface area contributed by atoms with Gasteiger partial charge < -0.3 is 4.74 Å². The molecule has 1 heterocycles. The average Bonchev–Trinajstić information content (AvgIpc) is 2.61. The second-order valence-electron chi connectivity index (χ2n) is 3.88. The van der Waals surface area contributed by atoms with Gasteiger partial charge in [-0.25, -0.2) is 0 Å². The number of aryl methyl sites for hydroxylation is 1. The molecule has 1 aromatic rings. The van der Waals surface area contributed by atoms with Crippen molar-refractivity contribution < 1.29 is 14.3 Å². The van der Waals surface area contributed by atoms with Crippen LogP contribution in [-0.4, -0.2) is 18.9 Å². The molecule has 0 saturated heterocycles. The Balaban J connectivity index is 3.05. The van der Waals surface area contributed by atoms with E-state index in [1.807, 2.05) is 18.4 Å². The Morgan fingerprint density at radius 1 is 1.40 bits per heavy atom. The van der Waals surface area contributed by atoms with Gasteiger partial charge in [0.05, 0.1) is 12.0 Å². The van der Waals surface area contributed by atoms with Gasteiger partial charge in [0.25, 0.3) is 0 Å². The fourth-order valence-corrected chi connectivity index (χ4v) is 2.26. The third-order valence-electron chi connectivity index (χ3n) is 2.33. The highest BCUT2D eigenvalue weighted by atomic mass is 32.1. The van der Waals surface area contributed by atoms with Crippen LogP contribution in [0, 0.1) is 12.3 Å². The first kappa shape index (κ1) is 11.9. The molecule has 15 heavy (non-hydrogen) atoms. The molecule has 0 fully saturated rings. The lowest BCUT2D eigenvalue weighted by atomic mass is 9.86. The Kier molecular flexibility index (Phi) is 3.29. The van der Waals surface area contributed by atoms with Crippen LogP contribution < -0.4 is 0 Å². The van der Waals surface area contributed by atoms with Gasteiger partial charge in [-0.3, -0.25) is 9.59 Å². The molecule has 0 aliphatic heterocycles. The molecule has 0 radical (unpaired) electrons. The van der Waals surface area contributed by atoms with Crippen LogP contribution in [0.5, 0.6) is 0 Å². The van der Waals surface area contributed by atoms with Crippen molar-refractivity contribution in [3.8, 4) is 0 Å². The van der Waals surface area contributed by atoms with Crippen LogP contribution in [0.4, 0.5) is 0 Å². The lowest BCUT2D eigenvalue weighted by molar-refractivity contribution is -0.147. The van der Waals surface area contributed by atoms with Gasteiger partial charge in [0.15, 0.2) is 5.78 Å². The number of Topliss-reactive ketones (excluding diaryl/α,β-unsaturated/α-hetero) is 1. The van der Waals surface area contributed by atoms with E-state index in [1.54, 1.807) is 13.8 Å². The Bertz CT molecular complexity index is 390. The summed E-state index contributed by atoms with van der Waals surface area (Å²) in [5, 5.41) is 1.84. The fraction of sp³-hybridized carbons (Fsp3) is 0.455. The number of rotatable bonds is 3. The minimum atomic E-state index is -1.11. The van der Waals surface area contributed by atoms with Crippen molar-refractivity contribution in [2.45, 2.75) is 20.8 Å². The summed E-state index contributed by atoms with van der Waals surface area (Å²) in [5.74, 6) is -0.679. The maximum absolute atomic E-state index is 12.1. The Morgan fingerprint density at radius 3 is 2.40 bits per heavy atom. The number of hydrogen-bond acceptors (Lipinski definition) is 4. The third-order valence-corrected chi connectivity index (χ3v) is 3.35. The Labute approximate surface area is 93.1 Å². The molecule has 0 N–H and O–H groups in total. The quantitative estimate of drug-likeness (QED) is 0.451. The van der Waals surface area contributed by atoms with E-state index in [9.17, 15) is 9.59 Å². The van der Waals surface area contributed by atoms with Crippen molar-refractivity contribution >= 4 is 23.1 Å². The summed E-state index contributed by atoms with van der Waals surface area (Å²) >= 11 is 1.36. The van der Waals surface area contributed by atoms with Gasteiger partial charge in [0.2, 0.25) is 0 Å². The summed E-state index contributed by atoms with van der Waals surface area (Å²) in [6.45, 7) is 5.03. The van der Waals surface area contributed by atoms with E-state index >= 15 is 0 Å². The normalized spacial score (nSPS) is 11.2. The van der Waals surface area contributed by atoms with Crippen LogP contribution in [-0.2, 0) is 9.53 Å². The van der Waals surface area contributed by atoms with Gasteiger partial charge in [0, 0.05) is 0 Å². The van der Waals surface area contributed by atoms with Crippen LogP contribution in [0.1, 0.15) is 29.1 Å². The van der Waals surface area contributed by atoms with Crippen molar-refractivity contribution in [2.75, 3.05) is 7.11 Å². The molecule has 0 bridgehead atoms. The number of carbonyl (C=O) groups excluding carboxylic acids is 2. The van der Waals surface area contributed by atoms with Crippen molar-refractivity contribution in [1.29, 1.82) is 0 Å². The highest BCUT2D eigenvalue weighted by Crippen LogP contribution is 2.28. The predicted octanol–water partition coefficient (Wildman–Crippen LogP) is 2.44. The second kappa shape index (κ2) is 4.14. The molecular weight excluding hydrogens is 212 g/mol. The number of hydrogen-bond donors (Lipinski definition) is 0. The van der Waals surface area contributed by atoms with Gasteiger partial charge >= 0.3 is 5.97 Å². The third kappa shape index (κ3) is 2.09. The van der Waals surface area contributed by atoms with E-state index in [1.165, 1.54) is 18.4 Å². The van der Waals surface area contributed by atoms with Gasteiger partial charge in [-0.15, -0.1) is 11.3 Å². The molecule has 1 rings (SSSR count). The molecule has 4 heteroatoms. The molecule has 1 aromatic heterocycles. The molecule has 0 spiro atoms. The molecule has 0 aromatic carbocycles. The smallest absolute Gasteiger partial charge is 0.319 e. The summed E-state index contributed by atoms with van der Waals surface area (Å²) < 4.78 is 4.62. The molecule has 0 amide bonds. The van der Waals surface area contributed by atoms with Crippen LogP contribution >= 0.6 is 11.3 Å². The number of methoxy groups -OCH3 is 1. The summed E-state index contributed by atoms with van der Waals surface area (Å²) in [7, 11) is 1.29. The van der Waals surface area contributed by atoms with Crippen molar-refractivity contribution in [1.82, 2.24) is 0 Å². The summed E-state index contributed by atoms with van der Waals surface area (Å²) in [5.41, 5.74) is -0.202. The zero-order chi connectivity index (χ0) is 11.6. The first-order valence-corrected chi connectivity index (χ1v) is 5.46. The fourth-order valence-electron chi connectivity index (χ4n) is 1.24. The van der Waals surface area contributed by atoms with Gasteiger partial charge in [0.1, 0.15) is 5.41 Å². The highest BCUT2D eigenvalue weighted by molar-refractivity contribution is 7.12. The molecule has 0 unspecified atom stereocenters. The van der Waals surface area contributed by atoms with Gasteiger partial charge in [-0.2, -0.15) is 0 Å². The van der Waals surface area contributed by atoms with E-state index in [-0.39, 0.29) is 5.78 Å². The predicted molar refractivity (Wildman–Crippen MR) is 59.2 cm³/mol. The van der Waals surface area contributed by atoms with Crippen LogP contribution in [0.2, 0.25) is 0 Å². The number of carbonyl (C=O) groups is 2. The summed E-state index contributed by atoms with van der Waals surface area (Å²) in [4.78, 5) is 24.1. The first-order chi connectivity index (χ1) is 6.91. The van der Waals surface area contributed by atoms with Gasteiger partial charge in [-0.1, -0.05) is 0 Å². The Hall–Kier alpha value is -1.16. The molecule has 0 aliphatic carbocycles. The van der Waals surface area contributed by atoms with E-state index < -0.39 is 11.4 Å². The van der Waals surface area contributed by atoms with E-state index in [2.05, 4.69) is 4.74 Å². The lowest BCUT2D eigenvalue weighted by Gasteiger charge is -2.19. The molecule has 0 saturated carbocycles. The molecule has 0 aliphatic rings. The summed E-state index contributed by atoms with van der Waals surface area (Å²) in [6.07, 6.45) is 0. The van der Waals surface area contributed by atoms with Crippen molar-refractivity contribution in [2.24, 2.45) is 5.41 Å². The zero-order valence-electron chi connectivity index (χ0n) is 9.29. The van der Waals surface area contributed by atoms with Crippen LogP contribution in [0.3, 0.4) is 0 Å². The van der Waals surface area contributed by atoms with Gasteiger partial charge in [-0.05, 0) is 37.8 Å². The molecule has 82 valence electrons. The molecule has 3 nitrogen and oxygen atoms in total. The minimum Gasteiger partial charge on any atom is -0.468 e. The van der Waals surface area contributed by atoms with E-state index in [0.717, 1.165) is 5.56 Å². The standard InChI is InChI=1S/C11H14O3S/c1-7-5-6-15-8(7)9(12)11(2,3)10(13)14-4/h5-6H,1-4H3. The van der Waals surface area contributed by atoms with E-state index in [4.69, 9.17) is 0 Å². The maximum atomic E-state index is 12.1. The number of thiophene rings is 1. The largest absolute Gasteiger partial charge is 0.468 e. The first-order valence-electron chi connectivity index (χ1n) is 4.58. The monoisotopic (exact) mass is 226 g/mol. The molecule has 0 atom stereocenters. The van der Waals surface area contributed by atoms with Crippen LogP contribution in [0.15, 0.2) is 11.4 Å². The maximum Gasteiger partial charge on any atom is 0.319 e. The second-order valence-corrected chi connectivity index (χ2v) is 4.79. The average molecular weight is 226 g/mol.